The van der Waals surface area contributed by atoms with Crippen molar-refractivity contribution in [1.29, 1.82) is 5.26 Å². The van der Waals surface area contributed by atoms with E-state index in [0.717, 1.165) is 19.5 Å². The third-order valence-electron chi connectivity index (χ3n) is 4.30. The van der Waals surface area contributed by atoms with E-state index in [9.17, 15) is 4.79 Å². The third-order valence-corrected chi connectivity index (χ3v) is 4.30. The Labute approximate surface area is 118 Å². The van der Waals surface area contributed by atoms with Gasteiger partial charge in [-0.25, -0.2) is 4.98 Å². The molecule has 2 saturated heterocycles. The molecule has 2 aliphatic rings. The lowest BCUT2D eigenvalue weighted by atomic mass is 9.99. The number of nitrogens with zero attached hydrogens (tertiary/aromatic N) is 3. The normalized spacial score (nSPS) is 25.8. The molecule has 0 bridgehead atoms. The number of aromatic nitrogens is 1. The van der Waals surface area contributed by atoms with Crippen LogP contribution < -0.4 is 5.32 Å². The monoisotopic (exact) mass is 270 g/mol. The second-order valence-corrected chi connectivity index (χ2v) is 5.51. The van der Waals surface area contributed by atoms with Crippen LogP contribution in [-0.4, -0.2) is 41.0 Å². The van der Waals surface area contributed by atoms with Gasteiger partial charge in [-0.2, -0.15) is 5.26 Å². The Kier molecular flexibility index (Phi) is 3.66. The first-order chi connectivity index (χ1) is 9.78. The first kappa shape index (κ1) is 13.1. The Balaban J connectivity index is 1.65. The van der Waals surface area contributed by atoms with Crippen molar-refractivity contribution in [1.82, 2.24) is 15.2 Å². The summed E-state index contributed by atoms with van der Waals surface area (Å²) in [6.07, 6.45) is 6.16. The van der Waals surface area contributed by atoms with Crippen molar-refractivity contribution in [2.45, 2.75) is 37.8 Å². The van der Waals surface area contributed by atoms with Crippen LogP contribution in [0, 0.1) is 11.3 Å². The van der Waals surface area contributed by atoms with Gasteiger partial charge in [0.1, 0.15) is 11.8 Å². The largest absolute Gasteiger partial charge is 0.346 e. The molecule has 20 heavy (non-hydrogen) atoms. The molecule has 0 radical (unpaired) electrons. The Morgan fingerprint density at radius 1 is 1.35 bits per heavy atom. The quantitative estimate of drug-likeness (QED) is 0.879. The van der Waals surface area contributed by atoms with Gasteiger partial charge in [-0.3, -0.25) is 9.69 Å². The lowest BCUT2D eigenvalue weighted by Gasteiger charge is -2.32. The average Bonchev–Trinajstić information content (AvgIpc) is 2.91. The number of nitrogens with one attached hydrogen (secondary N) is 1. The zero-order valence-electron chi connectivity index (χ0n) is 11.4. The maximum absolute atomic E-state index is 12.2. The molecule has 2 atom stereocenters. The third kappa shape index (κ3) is 2.52. The second-order valence-electron chi connectivity index (χ2n) is 5.51. The first-order valence-electron chi connectivity index (χ1n) is 7.19. The van der Waals surface area contributed by atoms with Crippen LogP contribution in [0.5, 0.6) is 0 Å². The number of amides is 1. The molecule has 0 spiro atoms. The Hall–Kier alpha value is -1.93. The Morgan fingerprint density at radius 3 is 3.00 bits per heavy atom. The molecule has 5 nitrogen and oxygen atoms in total. The van der Waals surface area contributed by atoms with E-state index >= 15 is 0 Å². The average molecular weight is 270 g/mol. The minimum absolute atomic E-state index is 0.132. The number of pyridine rings is 1. The number of piperidine rings is 1. The molecule has 0 aliphatic carbocycles. The molecular weight excluding hydrogens is 252 g/mol. The summed E-state index contributed by atoms with van der Waals surface area (Å²) in [6.45, 7) is 2.24. The van der Waals surface area contributed by atoms with E-state index in [1.807, 2.05) is 6.07 Å². The lowest BCUT2D eigenvalue weighted by molar-refractivity contribution is 0.0910. The van der Waals surface area contributed by atoms with Crippen LogP contribution in [0.3, 0.4) is 0 Å². The molecule has 3 heterocycles. The number of hydrogen-bond donors (Lipinski definition) is 1. The predicted octanol–water partition coefficient (Wildman–Crippen LogP) is 1.31. The number of rotatable bonds is 2. The molecule has 104 valence electrons. The van der Waals surface area contributed by atoms with Crippen molar-refractivity contribution in [3.05, 3.63) is 29.6 Å². The minimum atomic E-state index is -0.132. The highest BCUT2D eigenvalue weighted by Gasteiger charge is 2.36. The standard InChI is InChI=1S/C15H18N4O/c16-9-11-4-5-13(17-10-11)15(20)18-12-6-8-19-7-2-1-3-14(12)19/h4-5,10,12,14H,1-3,6-8H2,(H,18,20). The van der Waals surface area contributed by atoms with Gasteiger partial charge in [0.25, 0.3) is 5.91 Å². The van der Waals surface area contributed by atoms with E-state index in [4.69, 9.17) is 5.26 Å². The lowest BCUT2D eigenvalue weighted by Crippen LogP contribution is -2.46. The van der Waals surface area contributed by atoms with Crippen molar-refractivity contribution < 1.29 is 4.79 Å². The molecule has 1 amide bonds. The number of hydrogen-bond acceptors (Lipinski definition) is 4. The molecule has 5 heteroatoms. The van der Waals surface area contributed by atoms with Gasteiger partial charge < -0.3 is 5.32 Å². The van der Waals surface area contributed by atoms with Crippen LogP contribution in [-0.2, 0) is 0 Å². The number of nitriles is 1. The molecule has 3 rings (SSSR count). The molecule has 1 N–H and O–H groups in total. The van der Waals surface area contributed by atoms with Gasteiger partial charge in [0.15, 0.2) is 0 Å². The van der Waals surface area contributed by atoms with Crippen LogP contribution in [0.15, 0.2) is 18.3 Å². The summed E-state index contributed by atoms with van der Waals surface area (Å²) in [7, 11) is 0. The van der Waals surface area contributed by atoms with Gasteiger partial charge in [0.05, 0.1) is 5.56 Å². The summed E-state index contributed by atoms with van der Waals surface area (Å²) >= 11 is 0. The summed E-state index contributed by atoms with van der Waals surface area (Å²) in [5.41, 5.74) is 0.860. The fourth-order valence-corrected chi connectivity index (χ4v) is 3.25. The zero-order valence-corrected chi connectivity index (χ0v) is 11.4. The molecule has 2 fully saturated rings. The summed E-state index contributed by atoms with van der Waals surface area (Å²) in [4.78, 5) is 18.7. The summed E-state index contributed by atoms with van der Waals surface area (Å²) < 4.78 is 0. The van der Waals surface area contributed by atoms with Gasteiger partial charge in [-0.05, 0) is 37.9 Å². The van der Waals surface area contributed by atoms with Crippen LogP contribution in [0.2, 0.25) is 0 Å². The van der Waals surface area contributed by atoms with Crippen LogP contribution in [0.1, 0.15) is 41.7 Å². The highest BCUT2D eigenvalue weighted by atomic mass is 16.2. The summed E-state index contributed by atoms with van der Waals surface area (Å²) in [6, 6.07) is 5.97. The van der Waals surface area contributed by atoms with Crippen molar-refractivity contribution in [3.8, 4) is 6.07 Å². The first-order valence-corrected chi connectivity index (χ1v) is 7.19. The highest BCUT2D eigenvalue weighted by molar-refractivity contribution is 5.92. The van der Waals surface area contributed by atoms with E-state index in [1.165, 1.54) is 25.5 Å². The molecule has 2 aliphatic heterocycles. The van der Waals surface area contributed by atoms with Gasteiger partial charge in [0.2, 0.25) is 0 Å². The molecule has 0 saturated carbocycles. The Bertz CT molecular complexity index is 534. The van der Waals surface area contributed by atoms with Crippen molar-refractivity contribution in [2.75, 3.05) is 13.1 Å². The van der Waals surface area contributed by atoms with Crippen LogP contribution in [0.4, 0.5) is 0 Å². The van der Waals surface area contributed by atoms with E-state index in [0.29, 0.717) is 17.3 Å². The predicted molar refractivity (Wildman–Crippen MR) is 74.0 cm³/mol. The van der Waals surface area contributed by atoms with Crippen molar-refractivity contribution in [2.24, 2.45) is 0 Å². The Morgan fingerprint density at radius 2 is 2.25 bits per heavy atom. The van der Waals surface area contributed by atoms with E-state index in [-0.39, 0.29) is 11.9 Å². The SMILES string of the molecule is N#Cc1ccc(C(=O)NC2CCN3CCCCC23)nc1. The fraction of sp³-hybridized carbons (Fsp3) is 0.533. The number of fused-ring (bicyclic) bond motifs is 1. The molecular formula is C15H18N4O. The van der Waals surface area contributed by atoms with Gasteiger partial charge in [0, 0.05) is 24.8 Å². The van der Waals surface area contributed by atoms with E-state index in [1.54, 1.807) is 12.1 Å². The second kappa shape index (κ2) is 5.59. The summed E-state index contributed by atoms with van der Waals surface area (Å²) in [5, 5.41) is 11.8. The smallest absolute Gasteiger partial charge is 0.270 e. The topological polar surface area (TPSA) is 69.0 Å². The zero-order chi connectivity index (χ0) is 13.9. The number of carbonyl (C=O) groups excluding carboxylic acids is 1. The summed E-state index contributed by atoms with van der Waals surface area (Å²) in [5.74, 6) is -0.132. The fourth-order valence-electron chi connectivity index (χ4n) is 3.25. The molecule has 0 aromatic carbocycles. The van der Waals surface area contributed by atoms with Gasteiger partial charge >= 0.3 is 0 Å². The van der Waals surface area contributed by atoms with Crippen LogP contribution >= 0.6 is 0 Å². The van der Waals surface area contributed by atoms with Crippen molar-refractivity contribution in [3.63, 3.8) is 0 Å². The van der Waals surface area contributed by atoms with Gasteiger partial charge in [-0.1, -0.05) is 6.42 Å². The number of carbonyl (C=O) groups is 1. The molecule has 2 unspecified atom stereocenters. The van der Waals surface area contributed by atoms with E-state index in [2.05, 4.69) is 15.2 Å². The minimum Gasteiger partial charge on any atom is -0.346 e. The van der Waals surface area contributed by atoms with Gasteiger partial charge in [-0.15, -0.1) is 0 Å². The van der Waals surface area contributed by atoms with Crippen molar-refractivity contribution >= 4 is 5.91 Å². The highest BCUT2D eigenvalue weighted by Crippen LogP contribution is 2.27. The van der Waals surface area contributed by atoms with Crippen LogP contribution in [0.25, 0.3) is 0 Å². The molecule has 1 aromatic rings. The maximum Gasteiger partial charge on any atom is 0.270 e. The maximum atomic E-state index is 12.2. The molecule has 1 aromatic heterocycles. The van der Waals surface area contributed by atoms with E-state index < -0.39 is 0 Å².